The highest BCUT2D eigenvalue weighted by molar-refractivity contribution is 6.32. The van der Waals surface area contributed by atoms with Crippen LogP contribution in [0.5, 0.6) is 23.0 Å². The molecule has 4 aromatic rings. The summed E-state index contributed by atoms with van der Waals surface area (Å²) in [5.74, 6) is 1.25. The van der Waals surface area contributed by atoms with E-state index in [9.17, 15) is 9.18 Å². The first kappa shape index (κ1) is 27.8. The third kappa shape index (κ3) is 5.48. The zero-order valence-electron chi connectivity index (χ0n) is 22.7. The fraction of sp³-hybridized carbons (Fsp3) is 0.207. The molecule has 1 aromatic heterocycles. The number of fused-ring (bicyclic) bond motifs is 1. The number of aromatic nitrogens is 3. The lowest BCUT2D eigenvalue weighted by Crippen LogP contribution is -2.31. The number of nitrogens with zero attached hydrogens (tertiary/aromatic N) is 3. The number of hydrogen-bond donors (Lipinski definition) is 2. The van der Waals surface area contributed by atoms with E-state index < -0.39 is 11.9 Å². The Hall–Kier alpha value is -4.77. The minimum absolute atomic E-state index is 0.0159. The van der Waals surface area contributed by atoms with Crippen molar-refractivity contribution >= 4 is 29.1 Å². The van der Waals surface area contributed by atoms with Crippen LogP contribution in [0, 0.1) is 5.82 Å². The average Bonchev–Trinajstić information content (AvgIpc) is 3.44. The molecule has 2 N–H and O–H groups in total. The molecule has 12 heteroatoms. The molecule has 1 aliphatic heterocycles. The summed E-state index contributed by atoms with van der Waals surface area (Å²) in [5, 5.41) is 10.8. The Morgan fingerprint density at radius 1 is 1.02 bits per heavy atom. The second-order valence-corrected chi connectivity index (χ2v) is 9.43. The number of allylic oxidation sites excluding steroid dienone is 1. The smallest absolute Gasteiger partial charge is 0.255 e. The number of carbonyl (C=O) groups excluding carboxylic acids is 1. The van der Waals surface area contributed by atoms with Crippen LogP contribution in [0.3, 0.4) is 0 Å². The Labute approximate surface area is 240 Å². The molecule has 1 amide bonds. The molecule has 3 aromatic carbocycles. The van der Waals surface area contributed by atoms with Gasteiger partial charge < -0.3 is 29.6 Å². The van der Waals surface area contributed by atoms with Crippen molar-refractivity contribution in [3.63, 3.8) is 0 Å². The van der Waals surface area contributed by atoms with Crippen molar-refractivity contribution in [3.8, 4) is 23.0 Å². The predicted octanol–water partition coefficient (Wildman–Crippen LogP) is 5.60. The molecule has 0 aliphatic carbocycles. The van der Waals surface area contributed by atoms with Gasteiger partial charge in [-0.25, -0.2) is 9.07 Å². The molecular formula is C29H27ClFN5O5. The van der Waals surface area contributed by atoms with Gasteiger partial charge in [0.05, 0.1) is 37.6 Å². The van der Waals surface area contributed by atoms with Gasteiger partial charge in [-0.05, 0) is 30.7 Å². The summed E-state index contributed by atoms with van der Waals surface area (Å²) in [4.78, 5) is 18.2. The number of amides is 1. The molecule has 0 radical (unpaired) electrons. The Morgan fingerprint density at radius 3 is 2.51 bits per heavy atom. The van der Waals surface area contributed by atoms with E-state index in [4.69, 9.17) is 30.5 Å². The molecule has 1 atom stereocenters. The van der Waals surface area contributed by atoms with Crippen LogP contribution >= 0.6 is 11.6 Å². The first-order valence-electron chi connectivity index (χ1n) is 12.5. The molecular weight excluding hydrogens is 553 g/mol. The van der Waals surface area contributed by atoms with Gasteiger partial charge in [-0.3, -0.25) is 4.79 Å². The van der Waals surface area contributed by atoms with Crippen LogP contribution in [0.25, 0.3) is 0 Å². The average molecular weight is 580 g/mol. The quantitative estimate of drug-likeness (QED) is 0.264. The Bertz CT molecular complexity index is 1640. The number of carbonyl (C=O) groups is 1. The maximum atomic E-state index is 14.1. The molecule has 0 bridgehead atoms. The van der Waals surface area contributed by atoms with Crippen molar-refractivity contribution in [1.82, 2.24) is 14.8 Å². The number of nitrogens with one attached hydrogen (secondary N) is 2. The molecule has 212 valence electrons. The van der Waals surface area contributed by atoms with E-state index in [-0.39, 0.29) is 12.4 Å². The largest absolute Gasteiger partial charge is 0.495 e. The number of ether oxygens (including phenoxy) is 4. The van der Waals surface area contributed by atoms with E-state index in [2.05, 4.69) is 20.7 Å². The van der Waals surface area contributed by atoms with Gasteiger partial charge in [0.2, 0.25) is 5.95 Å². The van der Waals surface area contributed by atoms with Crippen molar-refractivity contribution in [2.75, 3.05) is 32.0 Å². The number of methoxy groups -OCH3 is 3. The van der Waals surface area contributed by atoms with Crippen molar-refractivity contribution in [1.29, 1.82) is 0 Å². The summed E-state index contributed by atoms with van der Waals surface area (Å²) in [7, 11) is 4.47. The van der Waals surface area contributed by atoms with Gasteiger partial charge in [-0.15, -0.1) is 0 Å². The molecule has 1 unspecified atom stereocenters. The monoisotopic (exact) mass is 579 g/mol. The van der Waals surface area contributed by atoms with E-state index >= 15 is 0 Å². The van der Waals surface area contributed by atoms with Crippen LogP contribution in [0.1, 0.15) is 24.1 Å². The van der Waals surface area contributed by atoms with E-state index in [1.807, 2.05) is 0 Å². The summed E-state index contributed by atoms with van der Waals surface area (Å²) in [6, 6.07) is 14.1. The second kappa shape index (κ2) is 11.8. The molecule has 0 saturated carbocycles. The van der Waals surface area contributed by atoms with E-state index in [0.717, 1.165) is 0 Å². The Kier molecular flexibility index (Phi) is 7.97. The topological polar surface area (TPSA) is 109 Å². The molecule has 0 spiro atoms. The number of hydrogen-bond acceptors (Lipinski definition) is 8. The maximum absolute atomic E-state index is 14.1. The summed E-state index contributed by atoms with van der Waals surface area (Å²) in [6.45, 7) is 1.80. The number of rotatable bonds is 9. The van der Waals surface area contributed by atoms with Crippen LogP contribution in [0.15, 0.2) is 72.2 Å². The van der Waals surface area contributed by atoms with Crippen molar-refractivity contribution in [2.45, 2.75) is 19.6 Å². The van der Waals surface area contributed by atoms with E-state index in [1.54, 1.807) is 60.1 Å². The number of anilines is 2. The fourth-order valence-corrected chi connectivity index (χ4v) is 4.82. The highest BCUT2D eigenvalue weighted by Gasteiger charge is 2.34. The minimum atomic E-state index is -0.677. The summed E-state index contributed by atoms with van der Waals surface area (Å²) >= 11 is 6.25. The third-order valence-corrected chi connectivity index (χ3v) is 6.90. The zero-order chi connectivity index (χ0) is 29.1. The summed E-state index contributed by atoms with van der Waals surface area (Å²) in [6.07, 6.45) is 1.40. The minimum Gasteiger partial charge on any atom is -0.495 e. The van der Waals surface area contributed by atoms with E-state index in [0.29, 0.717) is 62.1 Å². The van der Waals surface area contributed by atoms with Gasteiger partial charge in [-0.1, -0.05) is 35.9 Å². The molecule has 5 rings (SSSR count). The lowest BCUT2D eigenvalue weighted by Gasteiger charge is -2.29. The van der Waals surface area contributed by atoms with Crippen LogP contribution in [0.4, 0.5) is 16.0 Å². The van der Waals surface area contributed by atoms with Crippen molar-refractivity contribution in [2.24, 2.45) is 0 Å². The van der Waals surface area contributed by atoms with Gasteiger partial charge >= 0.3 is 0 Å². The maximum Gasteiger partial charge on any atom is 0.255 e. The van der Waals surface area contributed by atoms with Gasteiger partial charge in [0, 0.05) is 23.4 Å². The SMILES string of the molecule is COc1cc(NC(=O)C2=C(C)Nc3ncnn3C2c2ccc(OCc3ccccc3F)c(OC)c2)c(OC)cc1Cl. The number of benzene rings is 3. The molecule has 41 heavy (non-hydrogen) atoms. The molecule has 10 nitrogen and oxygen atoms in total. The molecule has 0 fully saturated rings. The third-order valence-electron chi connectivity index (χ3n) is 6.61. The summed E-state index contributed by atoms with van der Waals surface area (Å²) < 4.78 is 38.0. The van der Waals surface area contributed by atoms with Gasteiger partial charge in [-0.2, -0.15) is 10.1 Å². The summed E-state index contributed by atoms with van der Waals surface area (Å²) in [5.41, 5.74) is 2.42. The lowest BCUT2D eigenvalue weighted by atomic mass is 9.94. The molecule has 2 heterocycles. The van der Waals surface area contributed by atoms with Crippen LogP contribution < -0.4 is 29.6 Å². The second-order valence-electron chi connectivity index (χ2n) is 9.03. The highest BCUT2D eigenvalue weighted by atomic mass is 35.5. The Balaban J connectivity index is 1.50. The van der Waals surface area contributed by atoms with Crippen molar-refractivity contribution in [3.05, 3.63) is 94.2 Å². The van der Waals surface area contributed by atoms with Crippen LogP contribution in [-0.4, -0.2) is 42.0 Å². The predicted molar refractivity (Wildman–Crippen MR) is 151 cm³/mol. The van der Waals surface area contributed by atoms with Gasteiger partial charge in [0.25, 0.3) is 5.91 Å². The lowest BCUT2D eigenvalue weighted by molar-refractivity contribution is -0.113. The van der Waals surface area contributed by atoms with E-state index in [1.165, 1.54) is 33.7 Å². The standard InChI is InChI=1S/C29H27ClFN5O5/c1-16-26(28(37)35-21-13-23(38-2)19(30)12-24(21)39-3)27(36-29(34-16)32-15-33-36)17-9-10-22(25(11-17)40-4)41-14-18-7-5-6-8-20(18)31/h5-13,15,27H,14H2,1-4H3,(H,35,37)(H,32,33,34). The zero-order valence-corrected chi connectivity index (χ0v) is 23.5. The van der Waals surface area contributed by atoms with Gasteiger partial charge in [0.1, 0.15) is 36.3 Å². The van der Waals surface area contributed by atoms with Crippen LogP contribution in [0.2, 0.25) is 5.02 Å². The van der Waals surface area contributed by atoms with Crippen molar-refractivity contribution < 1.29 is 28.1 Å². The molecule has 1 aliphatic rings. The Morgan fingerprint density at radius 2 is 1.78 bits per heavy atom. The first-order chi connectivity index (χ1) is 19.8. The fourth-order valence-electron chi connectivity index (χ4n) is 4.59. The highest BCUT2D eigenvalue weighted by Crippen LogP contribution is 2.41. The normalized spacial score (nSPS) is 14.1. The number of halogens is 2. The van der Waals surface area contributed by atoms with Crippen LogP contribution in [-0.2, 0) is 11.4 Å². The molecule has 0 saturated heterocycles. The van der Waals surface area contributed by atoms with Gasteiger partial charge in [0.15, 0.2) is 11.5 Å². The first-order valence-corrected chi connectivity index (χ1v) is 12.9.